The molecule has 0 fully saturated rings. The van der Waals surface area contributed by atoms with Crippen LogP contribution in [0.1, 0.15) is 0 Å². The first kappa shape index (κ1) is 1480. The standard InChI is InChI=1S/12H2O.3Ti/h12*1H2;;;/q;;;;;;;;;;;;3*+4/p-12. The summed E-state index contributed by atoms with van der Waals surface area (Å²) >= 11 is 0. The molecule has 96 valence electrons. The summed E-state index contributed by atoms with van der Waals surface area (Å²) in [6.07, 6.45) is 0. The Labute approximate surface area is 130 Å². The minimum Gasteiger partial charge on any atom is -0.870 e. The van der Waals surface area contributed by atoms with Crippen molar-refractivity contribution in [2.75, 3.05) is 0 Å². The maximum Gasteiger partial charge on any atom is 4.00 e. The van der Waals surface area contributed by atoms with E-state index in [4.69, 9.17) is 0 Å². The molecule has 0 rings (SSSR count). The zero-order valence-corrected chi connectivity index (χ0v) is 11.6. The fourth-order valence-electron chi connectivity index (χ4n) is 0. The minimum atomic E-state index is 0. The molecule has 0 aromatic heterocycles. The van der Waals surface area contributed by atoms with E-state index in [1.807, 2.05) is 0 Å². The molecule has 0 saturated heterocycles. The van der Waals surface area contributed by atoms with Gasteiger partial charge in [0.1, 0.15) is 0 Å². The topological polar surface area (TPSA) is 360 Å². The Hall–Kier alpha value is 1.66. The molecule has 0 spiro atoms. The summed E-state index contributed by atoms with van der Waals surface area (Å²) in [5.74, 6) is 0. The molecule has 0 unspecified atom stereocenters. The molecule has 0 aromatic rings. The van der Waals surface area contributed by atoms with Gasteiger partial charge in [-0.05, 0) is 0 Å². The van der Waals surface area contributed by atoms with Crippen molar-refractivity contribution >= 4 is 0 Å². The van der Waals surface area contributed by atoms with Crippen LogP contribution < -0.4 is 0 Å². The number of hydrogen-bond donors (Lipinski definition) is 0. The Morgan fingerprint density at radius 1 is 0.133 bits per heavy atom. The van der Waals surface area contributed by atoms with E-state index in [9.17, 15) is 0 Å². The third-order valence-corrected chi connectivity index (χ3v) is 0. The number of rotatable bonds is 0. The summed E-state index contributed by atoms with van der Waals surface area (Å²) < 4.78 is 0. The maximum atomic E-state index is 0. The summed E-state index contributed by atoms with van der Waals surface area (Å²) in [4.78, 5) is 0. The van der Waals surface area contributed by atoms with E-state index in [2.05, 4.69) is 0 Å². The molecule has 0 bridgehead atoms. The Morgan fingerprint density at radius 2 is 0.133 bits per heavy atom. The summed E-state index contributed by atoms with van der Waals surface area (Å²) in [5.41, 5.74) is 0. The van der Waals surface area contributed by atoms with E-state index in [0.717, 1.165) is 0 Å². The van der Waals surface area contributed by atoms with Crippen LogP contribution in [0.3, 0.4) is 0 Å². The Morgan fingerprint density at radius 3 is 0.133 bits per heavy atom. The molecule has 15 heteroatoms. The first-order valence-electron chi connectivity index (χ1n) is 0. The summed E-state index contributed by atoms with van der Waals surface area (Å²) in [6, 6.07) is 0. The Kier molecular flexibility index (Phi) is 120000. The van der Waals surface area contributed by atoms with Crippen LogP contribution in [0.25, 0.3) is 0 Å². The zero-order chi connectivity index (χ0) is 0. The molecule has 12 N–H and O–H groups in total. The van der Waals surface area contributed by atoms with Gasteiger partial charge in [0.05, 0.1) is 0 Å². The van der Waals surface area contributed by atoms with Crippen molar-refractivity contribution in [1.82, 2.24) is 0 Å². The Balaban J connectivity index is 0. The first-order chi connectivity index (χ1) is 0. The largest absolute Gasteiger partial charge is 4.00 e. The van der Waals surface area contributed by atoms with E-state index < -0.39 is 0 Å². The minimum absolute atomic E-state index is 0. The van der Waals surface area contributed by atoms with Gasteiger partial charge in [0, 0.05) is 0 Å². The van der Waals surface area contributed by atoms with Gasteiger partial charge in [-0.25, -0.2) is 0 Å². The molecule has 0 saturated carbocycles. The van der Waals surface area contributed by atoms with E-state index in [1.54, 1.807) is 0 Å². The third-order valence-electron chi connectivity index (χ3n) is 0. The van der Waals surface area contributed by atoms with Crippen LogP contribution in [-0.4, -0.2) is 65.7 Å². The maximum absolute atomic E-state index is 0. The summed E-state index contributed by atoms with van der Waals surface area (Å²) in [7, 11) is 0. The van der Waals surface area contributed by atoms with Gasteiger partial charge in [0.2, 0.25) is 0 Å². The van der Waals surface area contributed by atoms with Crippen LogP contribution in [0.2, 0.25) is 0 Å². The van der Waals surface area contributed by atoms with Gasteiger partial charge in [0.25, 0.3) is 0 Å². The molecule has 0 amide bonds. The molecule has 0 aliphatic carbocycles. The van der Waals surface area contributed by atoms with Gasteiger partial charge < -0.3 is 65.7 Å². The van der Waals surface area contributed by atoms with Crippen LogP contribution in [-0.2, 0) is 65.2 Å². The number of hydrogen-bond acceptors (Lipinski definition) is 12. The summed E-state index contributed by atoms with van der Waals surface area (Å²) in [6.45, 7) is 0. The second kappa shape index (κ2) is 1220. The molecular formula is H12O12Ti3. The van der Waals surface area contributed by atoms with Crippen molar-refractivity contribution in [3.05, 3.63) is 0 Å². The van der Waals surface area contributed by atoms with Gasteiger partial charge in [0.15, 0.2) is 0 Å². The average molecular weight is 348 g/mol. The van der Waals surface area contributed by atoms with Crippen LogP contribution in [0, 0.1) is 0 Å². The molecule has 15 heavy (non-hydrogen) atoms. The van der Waals surface area contributed by atoms with E-state index >= 15 is 0 Å². The molecule has 0 aliphatic rings. The van der Waals surface area contributed by atoms with Crippen molar-refractivity contribution < 1.29 is 131 Å². The molecular weight excluding hydrogens is 336 g/mol. The van der Waals surface area contributed by atoms with Crippen LogP contribution in [0.4, 0.5) is 0 Å². The van der Waals surface area contributed by atoms with Gasteiger partial charge >= 0.3 is 65.2 Å². The molecule has 0 heterocycles. The first-order valence-corrected chi connectivity index (χ1v) is 0. The SMILES string of the molecule is [OH-].[OH-].[OH-].[OH-].[OH-].[OH-].[OH-].[OH-].[OH-].[OH-].[OH-].[OH-].[Ti+4].[Ti+4].[Ti+4]. The fraction of sp³-hybridized carbons (Fsp3) is 0. The second-order valence-corrected chi connectivity index (χ2v) is 0. The predicted molar refractivity (Wildman–Crippen MR) is 23.2 cm³/mol. The van der Waals surface area contributed by atoms with Gasteiger partial charge in [-0.3, -0.25) is 0 Å². The molecule has 0 aromatic carbocycles. The van der Waals surface area contributed by atoms with Gasteiger partial charge in [-0.1, -0.05) is 0 Å². The quantitative estimate of drug-likeness (QED) is 0.423. The van der Waals surface area contributed by atoms with E-state index in [0.29, 0.717) is 0 Å². The second-order valence-electron chi connectivity index (χ2n) is 0. The van der Waals surface area contributed by atoms with Crippen LogP contribution >= 0.6 is 0 Å². The molecule has 0 atom stereocenters. The monoisotopic (exact) mass is 348 g/mol. The van der Waals surface area contributed by atoms with E-state index in [-0.39, 0.29) is 131 Å². The average Bonchev–Trinajstić information content (AvgIpc) is 0. The molecule has 0 radical (unpaired) electrons. The van der Waals surface area contributed by atoms with Gasteiger partial charge in [-0.15, -0.1) is 0 Å². The third kappa shape index (κ3) is 1060. The molecule has 0 aliphatic heterocycles. The molecule has 12 nitrogen and oxygen atoms in total. The van der Waals surface area contributed by atoms with Crippen molar-refractivity contribution in [3.63, 3.8) is 0 Å². The van der Waals surface area contributed by atoms with Crippen molar-refractivity contribution in [2.24, 2.45) is 0 Å². The smallest absolute Gasteiger partial charge is 0.870 e. The van der Waals surface area contributed by atoms with Gasteiger partial charge in [-0.2, -0.15) is 0 Å². The predicted octanol–water partition coefficient (Wildman–Crippen LogP) is -2.13. The zero-order valence-electron chi connectivity index (χ0n) is 6.87. The summed E-state index contributed by atoms with van der Waals surface area (Å²) in [5, 5.41) is 0. The van der Waals surface area contributed by atoms with Crippen molar-refractivity contribution in [3.8, 4) is 0 Å². The van der Waals surface area contributed by atoms with Crippen LogP contribution in [0.5, 0.6) is 0 Å². The van der Waals surface area contributed by atoms with Crippen molar-refractivity contribution in [1.29, 1.82) is 0 Å². The fourth-order valence-corrected chi connectivity index (χ4v) is 0. The van der Waals surface area contributed by atoms with Crippen molar-refractivity contribution in [2.45, 2.75) is 0 Å². The normalized spacial score (nSPS) is 0. The van der Waals surface area contributed by atoms with E-state index in [1.165, 1.54) is 0 Å². The van der Waals surface area contributed by atoms with Crippen LogP contribution in [0.15, 0.2) is 0 Å². The Bertz CT molecular complexity index is 10.8.